The molecule has 22 heavy (non-hydrogen) atoms. The Hall–Kier alpha value is -0.890. The summed E-state index contributed by atoms with van der Waals surface area (Å²) in [5.41, 5.74) is 0. The van der Waals surface area contributed by atoms with Crippen molar-refractivity contribution < 1.29 is 17.6 Å². The van der Waals surface area contributed by atoms with Crippen LogP contribution in [0.25, 0.3) is 0 Å². The minimum Gasteiger partial charge on any atom is -0.447 e. The highest BCUT2D eigenvalue weighted by Crippen LogP contribution is 2.24. The van der Waals surface area contributed by atoms with E-state index in [1.54, 1.807) is 12.1 Å². The maximum Gasteiger partial charge on any atom is 0.276 e. The fraction of sp³-hybridized carbons (Fsp3) is 0.733. The molecule has 1 aromatic heterocycles. The third kappa shape index (κ3) is 3.37. The van der Waals surface area contributed by atoms with Crippen LogP contribution in [0.3, 0.4) is 0 Å². The number of ether oxygens (including phenoxy) is 1. The van der Waals surface area contributed by atoms with Gasteiger partial charge < -0.3 is 9.15 Å². The van der Waals surface area contributed by atoms with Crippen LogP contribution in [0.2, 0.25) is 0 Å². The van der Waals surface area contributed by atoms with Gasteiger partial charge in [0.25, 0.3) is 10.0 Å². The molecule has 7 heteroatoms. The van der Waals surface area contributed by atoms with Crippen molar-refractivity contribution in [2.75, 3.05) is 26.2 Å². The van der Waals surface area contributed by atoms with Crippen molar-refractivity contribution in [1.29, 1.82) is 0 Å². The first kappa shape index (κ1) is 16.0. The Morgan fingerprint density at radius 1 is 1.14 bits per heavy atom. The smallest absolute Gasteiger partial charge is 0.276 e. The summed E-state index contributed by atoms with van der Waals surface area (Å²) < 4.78 is 37.7. The summed E-state index contributed by atoms with van der Waals surface area (Å²) in [6.07, 6.45) is 2.23. The average Bonchev–Trinajstić information content (AvgIpc) is 3.08. The molecule has 1 aromatic rings. The Kier molecular flexibility index (Phi) is 4.59. The number of rotatable bonds is 4. The summed E-state index contributed by atoms with van der Waals surface area (Å²) in [6.45, 7) is 7.57. The van der Waals surface area contributed by atoms with E-state index in [0.29, 0.717) is 25.4 Å². The van der Waals surface area contributed by atoms with Crippen molar-refractivity contribution in [2.45, 2.75) is 50.5 Å². The molecule has 0 aliphatic carbocycles. The normalized spacial score (nSPS) is 28.3. The molecule has 2 saturated heterocycles. The first-order valence-corrected chi connectivity index (χ1v) is 9.36. The third-order valence-corrected chi connectivity index (χ3v) is 5.94. The standard InChI is InChI=1S/C15H24N2O4S/c1-12-9-16(10-13(2)20-12)11-14-5-6-15(21-14)22(18,19)17-7-3-4-8-17/h5-6,12-13H,3-4,7-11H2,1-2H3/t12-,13-/m1/s1. The summed E-state index contributed by atoms with van der Waals surface area (Å²) in [7, 11) is -3.46. The van der Waals surface area contributed by atoms with E-state index in [1.165, 1.54) is 4.31 Å². The zero-order chi connectivity index (χ0) is 15.7. The van der Waals surface area contributed by atoms with Gasteiger partial charge in [-0.3, -0.25) is 4.90 Å². The van der Waals surface area contributed by atoms with Gasteiger partial charge in [-0.05, 0) is 38.8 Å². The van der Waals surface area contributed by atoms with Crippen LogP contribution in [0.1, 0.15) is 32.4 Å². The predicted octanol–water partition coefficient (Wildman–Crippen LogP) is 1.67. The quantitative estimate of drug-likeness (QED) is 0.841. The van der Waals surface area contributed by atoms with Crippen LogP contribution in [-0.2, 0) is 21.3 Å². The van der Waals surface area contributed by atoms with E-state index < -0.39 is 10.0 Å². The van der Waals surface area contributed by atoms with Crippen molar-refractivity contribution in [3.8, 4) is 0 Å². The molecule has 124 valence electrons. The molecule has 0 aromatic carbocycles. The molecule has 0 saturated carbocycles. The van der Waals surface area contributed by atoms with Crippen LogP contribution in [0.4, 0.5) is 0 Å². The van der Waals surface area contributed by atoms with Gasteiger partial charge in [-0.1, -0.05) is 0 Å². The minimum atomic E-state index is -3.46. The SMILES string of the molecule is C[C@@H]1CN(Cc2ccc(S(=O)(=O)N3CCCC3)o2)C[C@@H](C)O1. The summed E-state index contributed by atoms with van der Waals surface area (Å²) in [6, 6.07) is 3.35. The minimum absolute atomic E-state index is 0.0683. The number of hydrogen-bond acceptors (Lipinski definition) is 5. The topological polar surface area (TPSA) is 63.0 Å². The fourth-order valence-electron chi connectivity index (χ4n) is 3.27. The molecule has 0 radical (unpaired) electrons. The van der Waals surface area contributed by atoms with E-state index in [-0.39, 0.29) is 17.3 Å². The van der Waals surface area contributed by atoms with Crippen LogP contribution in [0.15, 0.2) is 21.6 Å². The number of nitrogens with zero attached hydrogens (tertiary/aromatic N) is 2. The Bertz CT molecular complexity index is 597. The van der Waals surface area contributed by atoms with Gasteiger partial charge in [-0.2, -0.15) is 4.31 Å². The van der Waals surface area contributed by atoms with E-state index in [2.05, 4.69) is 4.90 Å². The Morgan fingerprint density at radius 3 is 2.41 bits per heavy atom. The highest BCUT2D eigenvalue weighted by atomic mass is 32.2. The fourth-order valence-corrected chi connectivity index (χ4v) is 4.72. The van der Waals surface area contributed by atoms with Crippen molar-refractivity contribution in [3.05, 3.63) is 17.9 Å². The van der Waals surface area contributed by atoms with Gasteiger partial charge in [-0.15, -0.1) is 0 Å². The van der Waals surface area contributed by atoms with E-state index in [4.69, 9.17) is 9.15 Å². The molecule has 2 atom stereocenters. The second kappa shape index (κ2) is 6.31. The zero-order valence-electron chi connectivity index (χ0n) is 13.2. The Labute approximate surface area is 132 Å². The summed E-state index contributed by atoms with van der Waals surface area (Å²) in [4.78, 5) is 2.24. The van der Waals surface area contributed by atoms with Crippen molar-refractivity contribution in [2.24, 2.45) is 0 Å². The molecule has 2 aliphatic heterocycles. The van der Waals surface area contributed by atoms with Gasteiger partial charge in [0.1, 0.15) is 5.76 Å². The van der Waals surface area contributed by atoms with E-state index in [1.807, 2.05) is 13.8 Å². The molecule has 6 nitrogen and oxygen atoms in total. The van der Waals surface area contributed by atoms with Crippen molar-refractivity contribution in [1.82, 2.24) is 9.21 Å². The second-order valence-corrected chi connectivity index (χ2v) is 8.15. The molecule has 0 unspecified atom stereocenters. The predicted molar refractivity (Wildman–Crippen MR) is 82.0 cm³/mol. The molecule has 0 bridgehead atoms. The maximum absolute atomic E-state index is 12.4. The highest BCUT2D eigenvalue weighted by molar-refractivity contribution is 7.89. The molecular weight excluding hydrogens is 304 g/mol. The maximum atomic E-state index is 12.4. The number of sulfonamides is 1. The van der Waals surface area contributed by atoms with Crippen LogP contribution in [0, 0.1) is 0 Å². The van der Waals surface area contributed by atoms with Crippen molar-refractivity contribution >= 4 is 10.0 Å². The second-order valence-electron chi connectivity index (χ2n) is 6.28. The van der Waals surface area contributed by atoms with E-state index in [9.17, 15) is 8.42 Å². The van der Waals surface area contributed by atoms with Gasteiger partial charge in [0.05, 0.1) is 18.8 Å². The molecule has 0 amide bonds. The lowest BCUT2D eigenvalue weighted by molar-refractivity contribution is -0.0720. The number of morpholine rings is 1. The van der Waals surface area contributed by atoms with Crippen LogP contribution < -0.4 is 0 Å². The summed E-state index contributed by atoms with van der Waals surface area (Å²) >= 11 is 0. The number of hydrogen-bond donors (Lipinski definition) is 0. The lowest BCUT2D eigenvalue weighted by Crippen LogP contribution is -2.44. The average molecular weight is 328 g/mol. The number of furan rings is 1. The molecule has 0 N–H and O–H groups in total. The van der Waals surface area contributed by atoms with Crippen LogP contribution in [-0.4, -0.2) is 56.0 Å². The molecule has 3 rings (SSSR count). The highest BCUT2D eigenvalue weighted by Gasteiger charge is 2.30. The lowest BCUT2D eigenvalue weighted by atomic mass is 10.2. The van der Waals surface area contributed by atoms with Gasteiger partial charge in [0.15, 0.2) is 0 Å². The van der Waals surface area contributed by atoms with Gasteiger partial charge >= 0.3 is 0 Å². The Balaban J connectivity index is 1.68. The molecular formula is C15H24N2O4S. The zero-order valence-corrected chi connectivity index (χ0v) is 14.0. The molecule has 0 spiro atoms. The van der Waals surface area contributed by atoms with E-state index >= 15 is 0 Å². The van der Waals surface area contributed by atoms with E-state index in [0.717, 1.165) is 25.9 Å². The largest absolute Gasteiger partial charge is 0.447 e. The summed E-state index contributed by atoms with van der Waals surface area (Å²) in [5.74, 6) is 0.694. The van der Waals surface area contributed by atoms with Gasteiger partial charge in [0, 0.05) is 26.2 Å². The van der Waals surface area contributed by atoms with Gasteiger partial charge in [0.2, 0.25) is 5.09 Å². The van der Waals surface area contributed by atoms with Crippen molar-refractivity contribution in [3.63, 3.8) is 0 Å². The molecule has 2 fully saturated rings. The Morgan fingerprint density at radius 2 is 1.77 bits per heavy atom. The molecule has 3 heterocycles. The summed E-state index contributed by atoms with van der Waals surface area (Å²) in [5, 5.41) is 0.0683. The first-order valence-electron chi connectivity index (χ1n) is 7.92. The lowest BCUT2D eigenvalue weighted by Gasteiger charge is -2.34. The monoisotopic (exact) mass is 328 g/mol. The first-order chi connectivity index (χ1) is 10.4. The van der Waals surface area contributed by atoms with Crippen LogP contribution >= 0.6 is 0 Å². The van der Waals surface area contributed by atoms with Gasteiger partial charge in [-0.25, -0.2) is 8.42 Å². The van der Waals surface area contributed by atoms with Crippen LogP contribution in [0.5, 0.6) is 0 Å². The molecule has 2 aliphatic rings. The third-order valence-electron chi connectivity index (χ3n) is 4.17.